The zero-order valence-electron chi connectivity index (χ0n) is 12.3. The first kappa shape index (κ1) is 14.2. The predicted octanol–water partition coefficient (Wildman–Crippen LogP) is 0.520. The van der Waals surface area contributed by atoms with Crippen LogP contribution in [-0.4, -0.2) is 26.7 Å². The molecule has 0 radical (unpaired) electrons. The summed E-state index contributed by atoms with van der Waals surface area (Å²) in [5.41, 5.74) is 1.32. The van der Waals surface area contributed by atoms with Gasteiger partial charge in [-0.05, 0) is 31.5 Å². The number of aryl methyl sites for hydroxylation is 1. The number of amides is 2. The lowest BCUT2D eigenvalue weighted by atomic mass is 10.1. The van der Waals surface area contributed by atoms with Crippen LogP contribution >= 0.6 is 0 Å². The number of ketones is 1. The van der Waals surface area contributed by atoms with E-state index >= 15 is 0 Å². The van der Waals surface area contributed by atoms with E-state index in [9.17, 15) is 19.2 Å². The molecular weight excluding hydrogens is 286 g/mol. The van der Waals surface area contributed by atoms with Gasteiger partial charge < -0.3 is 0 Å². The fourth-order valence-corrected chi connectivity index (χ4v) is 2.81. The van der Waals surface area contributed by atoms with Gasteiger partial charge in [0.25, 0.3) is 0 Å². The average Bonchev–Trinajstić information content (AvgIpc) is 2.71. The molecule has 1 fully saturated rings. The van der Waals surface area contributed by atoms with Crippen molar-refractivity contribution in [3.8, 4) is 0 Å². The van der Waals surface area contributed by atoms with Gasteiger partial charge in [0.1, 0.15) is 6.04 Å². The Kier molecular flexibility index (Phi) is 3.20. The SMILES string of the molecule is CC(=O)c1ccc2c(c1)n(C)c(=O)n2C1CCC(=O)NC1=O. The molecule has 0 bridgehead atoms. The number of hydrogen-bond acceptors (Lipinski definition) is 4. The topological polar surface area (TPSA) is 90.2 Å². The van der Waals surface area contributed by atoms with Crippen LogP contribution in [0.1, 0.15) is 36.2 Å². The van der Waals surface area contributed by atoms with E-state index in [1.165, 1.54) is 16.1 Å². The highest BCUT2D eigenvalue weighted by Crippen LogP contribution is 2.23. The van der Waals surface area contributed by atoms with Gasteiger partial charge in [-0.25, -0.2) is 4.79 Å². The number of benzene rings is 1. The number of piperidine rings is 1. The number of hydrogen-bond donors (Lipinski definition) is 1. The minimum atomic E-state index is -0.711. The Morgan fingerprint density at radius 1 is 1.23 bits per heavy atom. The van der Waals surface area contributed by atoms with Crippen LogP contribution in [0.4, 0.5) is 0 Å². The molecule has 1 aliphatic heterocycles. The Balaban J connectivity index is 2.20. The first-order valence-corrected chi connectivity index (χ1v) is 6.95. The number of imide groups is 1. The molecule has 22 heavy (non-hydrogen) atoms. The quantitative estimate of drug-likeness (QED) is 0.647. The van der Waals surface area contributed by atoms with Crippen molar-refractivity contribution in [1.82, 2.24) is 14.5 Å². The van der Waals surface area contributed by atoms with Crippen molar-refractivity contribution in [3.63, 3.8) is 0 Å². The maximum atomic E-state index is 12.5. The molecule has 1 unspecified atom stereocenters. The summed E-state index contributed by atoms with van der Waals surface area (Å²) in [5.74, 6) is -0.891. The van der Waals surface area contributed by atoms with E-state index in [1.807, 2.05) is 0 Å². The number of nitrogens with zero attached hydrogens (tertiary/aromatic N) is 2. The second kappa shape index (κ2) is 4.94. The van der Waals surface area contributed by atoms with E-state index in [0.717, 1.165) is 0 Å². The summed E-state index contributed by atoms with van der Waals surface area (Å²) in [5, 5.41) is 2.26. The van der Waals surface area contributed by atoms with Crippen molar-refractivity contribution < 1.29 is 14.4 Å². The lowest BCUT2D eigenvalue weighted by Crippen LogP contribution is -2.44. The van der Waals surface area contributed by atoms with Gasteiger partial charge in [-0.1, -0.05) is 0 Å². The van der Waals surface area contributed by atoms with Gasteiger partial charge in [0.2, 0.25) is 11.8 Å². The summed E-state index contributed by atoms with van der Waals surface area (Å²) >= 11 is 0. The Bertz CT molecular complexity index is 875. The smallest absolute Gasteiger partial charge is 0.295 e. The first-order valence-electron chi connectivity index (χ1n) is 6.95. The fourth-order valence-electron chi connectivity index (χ4n) is 2.81. The zero-order chi connectivity index (χ0) is 16.0. The first-order chi connectivity index (χ1) is 10.4. The molecule has 3 rings (SSSR count). The number of imidazole rings is 1. The van der Waals surface area contributed by atoms with Crippen molar-refractivity contribution >= 4 is 28.6 Å². The number of aromatic nitrogens is 2. The van der Waals surface area contributed by atoms with Gasteiger partial charge in [-0.3, -0.25) is 28.8 Å². The Morgan fingerprint density at radius 3 is 2.59 bits per heavy atom. The van der Waals surface area contributed by atoms with Gasteiger partial charge in [0.05, 0.1) is 11.0 Å². The minimum absolute atomic E-state index is 0.0943. The van der Waals surface area contributed by atoms with Crippen molar-refractivity contribution in [2.75, 3.05) is 0 Å². The molecule has 2 amide bonds. The van der Waals surface area contributed by atoms with E-state index in [0.29, 0.717) is 16.6 Å². The number of fused-ring (bicyclic) bond motifs is 1. The Labute approximate surface area is 125 Å². The van der Waals surface area contributed by atoms with Crippen LogP contribution in [0.25, 0.3) is 11.0 Å². The predicted molar refractivity (Wildman–Crippen MR) is 78.6 cm³/mol. The molecule has 2 aromatic rings. The van der Waals surface area contributed by atoms with Crippen LogP contribution in [0, 0.1) is 0 Å². The molecule has 1 aliphatic rings. The Morgan fingerprint density at radius 2 is 1.95 bits per heavy atom. The van der Waals surface area contributed by atoms with E-state index in [1.54, 1.807) is 25.2 Å². The summed E-state index contributed by atoms with van der Waals surface area (Å²) in [7, 11) is 1.59. The molecule has 0 spiro atoms. The maximum Gasteiger partial charge on any atom is 0.329 e. The molecule has 0 saturated carbocycles. The molecule has 1 aromatic carbocycles. The van der Waals surface area contributed by atoms with Gasteiger partial charge in [0, 0.05) is 19.0 Å². The molecule has 1 saturated heterocycles. The molecule has 114 valence electrons. The van der Waals surface area contributed by atoms with Gasteiger partial charge in [-0.15, -0.1) is 0 Å². The van der Waals surface area contributed by atoms with Crippen molar-refractivity contribution in [3.05, 3.63) is 34.2 Å². The maximum absolute atomic E-state index is 12.5. The third kappa shape index (κ3) is 2.05. The number of rotatable bonds is 2. The normalized spacial score (nSPS) is 18.5. The summed E-state index contributed by atoms with van der Waals surface area (Å²) in [4.78, 5) is 47.2. The highest BCUT2D eigenvalue weighted by Gasteiger charge is 2.31. The number of Topliss-reactive ketones (excluding diaryl/α,β-unsaturated/α-hetero) is 1. The molecule has 1 aromatic heterocycles. The van der Waals surface area contributed by atoms with E-state index in [4.69, 9.17) is 0 Å². The van der Waals surface area contributed by atoms with Crippen LogP contribution in [-0.2, 0) is 16.6 Å². The zero-order valence-corrected chi connectivity index (χ0v) is 12.3. The monoisotopic (exact) mass is 301 g/mol. The van der Waals surface area contributed by atoms with Crippen molar-refractivity contribution in [1.29, 1.82) is 0 Å². The van der Waals surface area contributed by atoms with Crippen LogP contribution in [0.15, 0.2) is 23.0 Å². The molecule has 2 heterocycles. The van der Waals surface area contributed by atoms with E-state index in [2.05, 4.69) is 5.32 Å². The summed E-state index contributed by atoms with van der Waals surface area (Å²) in [6.07, 6.45) is 0.489. The van der Waals surface area contributed by atoms with Crippen molar-refractivity contribution in [2.24, 2.45) is 7.05 Å². The molecule has 0 aliphatic carbocycles. The standard InChI is InChI=1S/C15H15N3O4/c1-8(19)9-3-4-10-12(7-9)17(2)15(22)18(10)11-5-6-13(20)16-14(11)21/h3-4,7,11H,5-6H2,1-2H3,(H,16,20,21). The van der Waals surface area contributed by atoms with Crippen LogP contribution in [0.5, 0.6) is 0 Å². The molecule has 7 nitrogen and oxygen atoms in total. The van der Waals surface area contributed by atoms with Crippen LogP contribution in [0.2, 0.25) is 0 Å². The van der Waals surface area contributed by atoms with E-state index < -0.39 is 11.9 Å². The number of carbonyl (C=O) groups is 3. The van der Waals surface area contributed by atoms with Gasteiger partial charge in [-0.2, -0.15) is 0 Å². The third-order valence-electron chi connectivity index (χ3n) is 4.02. The number of carbonyl (C=O) groups excluding carboxylic acids is 3. The lowest BCUT2D eigenvalue weighted by molar-refractivity contribution is -0.135. The minimum Gasteiger partial charge on any atom is -0.295 e. The average molecular weight is 301 g/mol. The van der Waals surface area contributed by atoms with Crippen molar-refractivity contribution in [2.45, 2.75) is 25.8 Å². The highest BCUT2D eigenvalue weighted by atomic mass is 16.2. The summed E-state index contributed by atoms with van der Waals surface area (Å²) in [6, 6.07) is 4.22. The Hall–Kier alpha value is -2.70. The van der Waals surface area contributed by atoms with E-state index in [-0.39, 0.29) is 30.2 Å². The molecule has 1 atom stereocenters. The summed E-state index contributed by atoms with van der Waals surface area (Å²) < 4.78 is 2.80. The van der Waals surface area contributed by atoms with Gasteiger partial charge >= 0.3 is 5.69 Å². The fraction of sp³-hybridized carbons (Fsp3) is 0.333. The van der Waals surface area contributed by atoms with Crippen LogP contribution < -0.4 is 11.0 Å². The molecule has 1 N–H and O–H groups in total. The second-order valence-electron chi connectivity index (χ2n) is 5.44. The lowest BCUT2D eigenvalue weighted by Gasteiger charge is -2.21. The molecular formula is C15H15N3O4. The van der Waals surface area contributed by atoms with Gasteiger partial charge in [0.15, 0.2) is 5.78 Å². The third-order valence-corrected chi connectivity index (χ3v) is 4.02. The highest BCUT2D eigenvalue weighted by molar-refractivity contribution is 6.00. The summed E-state index contributed by atoms with van der Waals surface area (Å²) in [6.45, 7) is 1.45. The number of nitrogens with one attached hydrogen (secondary N) is 1. The second-order valence-corrected chi connectivity index (χ2v) is 5.44. The largest absolute Gasteiger partial charge is 0.329 e. The molecule has 7 heteroatoms. The van der Waals surface area contributed by atoms with Crippen LogP contribution in [0.3, 0.4) is 0 Å².